The molecule has 0 aliphatic carbocycles. The molecule has 0 aromatic heterocycles. The Hall–Kier alpha value is -2.38. The quantitative estimate of drug-likeness (QED) is 0.745. The van der Waals surface area contributed by atoms with Crippen LogP contribution in [-0.2, 0) is 21.2 Å². The summed E-state index contributed by atoms with van der Waals surface area (Å²) >= 11 is 0. The lowest BCUT2D eigenvalue weighted by Crippen LogP contribution is -2.34. The standard InChI is InChI=1S/C21H26N2O4S/c1-16-7-4-5-9-21(16)27-14-13-22(3)28(25,26)19-10-11-20-18(15-19)8-6-12-23(20)17(2)24/h4-5,7,9-11,15H,6,8,12-14H2,1-3H3. The minimum absolute atomic E-state index is 0.0259. The predicted molar refractivity (Wildman–Crippen MR) is 109 cm³/mol. The molecule has 7 heteroatoms. The molecule has 1 aliphatic heterocycles. The van der Waals surface area contributed by atoms with Crippen molar-refractivity contribution in [3.05, 3.63) is 53.6 Å². The lowest BCUT2D eigenvalue weighted by Gasteiger charge is -2.29. The van der Waals surface area contributed by atoms with Gasteiger partial charge in [0.25, 0.3) is 0 Å². The molecule has 0 atom stereocenters. The summed E-state index contributed by atoms with van der Waals surface area (Å²) in [4.78, 5) is 13.7. The number of para-hydroxylation sites is 1. The third-order valence-corrected chi connectivity index (χ3v) is 6.87. The highest BCUT2D eigenvalue weighted by atomic mass is 32.2. The van der Waals surface area contributed by atoms with Gasteiger partial charge in [0.05, 0.1) is 4.90 Å². The number of rotatable bonds is 6. The third kappa shape index (κ3) is 4.20. The Bertz CT molecular complexity index is 972. The highest BCUT2D eigenvalue weighted by Crippen LogP contribution is 2.30. The second kappa shape index (κ2) is 8.32. The molecule has 1 aliphatic rings. The van der Waals surface area contributed by atoms with E-state index < -0.39 is 10.0 Å². The number of aryl methyl sites for hydroxylation is 2. The van der Waals surface area contributed by atoms with Crippen LogP contribution in [0.2, 0.25) is 0 Å². The van der Waals surface area contributed by atoms with Crippen LogP contribution in [0, 0.1) is 6.92 Å². The van der Waals surface area contributed by atoms with Gasteiger partial charge < -0.3 is 9.64 Å². The van der Waals surface area contributed by atoms with Crippen LogP contribution in [0.1, 0.15) is 24.5 Å². The number of fused-ring (bicyclic) bond motifs is 1. The summed E-state index contributed by atoms with van der Waals surface area (Å²) in [6.45, 7) is 4.66. The summed E-state index contributed by atoms with van der Waals surface area (Å²) in [5.74, 6) is 0.730. The Morgan fingerprint density at radius 3 is 2.68 bits per heavy atom. The average Bonchev–Trinajstić information content (AvgIpc) is 2.68. The summed E-state index contributed by atoms with van der Waals surface area (Å²) in [5.41, 5.74) is 2.72. The minimum atomic E-state index is -3.62. The SMILES string of the molecule is CC(=O)N1CCCc2cc(S(=O)(=O)N(C)CCOc3ccccc3C)ccc21. The number of hydrogen-bond acceptors (Lipinski definition) is 4. The van der Waals surface area contributed by atoms with Gasteiger partial charge in [-0.05, 0) is 55.2 Å². The maximum absolute atomic E-state index is 12.9. The molecule has 0 unspecified atom stereocenters. The number of ether oxygens (including phenoxy) is 1. The number of benzene rings is 2. The molecule has 0 saturated heterocycles. The number of nitrogens with zero attached hydrogens (tertiary/aromatic N) is 2. The van der Waals surface area contributed by atoms with Crippen LogP contribution in [0.15, 0.2) is 47.4 Å². The van der Waals surface area contributed by atoms with Crippen molar-refractivity contribution in [1.29, 1.82) is 0 Å². The fraction of sp³-hybridized carbons (Fsp3) is 0.381. The molecule has 2 aromatic rings. The zero-order valence-electron chi connectivity index (χ0n) is 16.5. The zero-order chi connectivity index (χ0) is 20.3. The van der Waals surface area contributed by atoms with Crippen molar-refractivity contribution in [2.75, 3.05) is 31.6 Å². The highest BCUT2D eigenvalue weighted by molar-refractivity contribution is 7.89. The minimum Gasteiger partial charge on any atom is -0.492 e. The first kappa shape index (κ1) is 20.4. The Balaban J connectivity index is 1.71. The van der Waals surface area contributed by atoms with Gasteiger partial charge in [0, 0.05) is 32.7 Å². The number of carbonyl (C=O) groups excluding carboxylic acids is 1. The van der Waals surface area contributed by atoms with E-state index in [1.165, 1.54) is 11.2 Å². The third-order valence-electron chi connectivity index (χ3n) is 5.02. The van der Waals surface area contributed by atoms with Crippen molar-refractivity contribution in [1.82, 2.24) is 4.31 Å². The van der Waals surface area contributed by atoms with Gasteiger partial charge in [-0.15, -0.1) is 0 Å². The molecule has 0 saturated carbocycles. The van der Waals surface area contributed by atoms with E-state index in [1.807, 2.05) is 31.2 Å². The van der Waals surface area contributed by atoms with E-state index in [4.69, 9.17) is 4.74 Å². The second-order valence-corrected chi connectivity index (χ2v) is 9.05. The van der Waals surface area contributed by atoms with Crippen molar-refractivity contribution < 1.29 is 17.9 Å². The van der Waals surface area contributed by atoms with Gasteiger partial charge in [-0.1, -0.05) is 18.2 Å². The van der Waals surface area contributed by atoms with Crippen LogP contribution in [0.25, 0.3) is 0 Å². The maximum atomic E-state index is 12.9. The van der Waals surface area contributed by atoms with E-state index in [-0.39, 0.29) is 24.0 Å². The van der Waals surface area contributed by atoms with E-state index in [0.29, 0.717) is 6.54 Å². The Morgan fingerprint density at radius 2 is 1.96 bits per heavy atom. The van der Waals surface area contributed by atoms with Gasteiger partial charge in [0.15, 0.2) is 0 Å². The largest absolute Gasteiger partial charge is 0.492 e. The number of likely N-dealkylation sites (N-methyl/N-ethyl adjacent to an activating group) is 1. The second-order valence-electron chi connectivity index (χ2n) is 7.01. The van der Waals surface area contributed by atoms with E-state index >= 15 is 0 Å². The summed E-state index contributed by atoms with van der Waals surface area (Å²) in [6.07, 6.45) is 1.60. The normalized spacial score (nSPS) is 14.1. The molecule has 3 rings (SSSR count). The summed E-state index contributed by atoms with van der Waals surface area (Å²) in [5, 5.41) is 0. The molecular formula is C21H26N2O4S. The molecular weight excluding hydrogens is 376 g/mol. The Labute approximate surface area is 166 Å². The monoisotopic (exact) mass is 402 g/mol. The van der Waals surface area contributed by atoms with Gasteiger partial charge in [-0.2, -0.15) is 4.31 Å². The van der Waals surface area contributed by atoms with E-state index in [1.54, 1.807) is 30.1 Å². The zero-order valence-corrected chi connectivity index (χ0v) is 17.3. The molecule has 2 aromatic carbocycles. The van der Waals surface area contributed by atoms with Crippen LogP contribution in [0.5, 0.6) is 5.75 Å². The number of anilines is 1. The number of sulfonamides is 1. The van der Waals surface area contributed by atoms with Gasteiger partial charge >= 0.3 is 0 Å². The van der Waals surface area contributed by atoms with E-state index in [9.17, 15) is 13.2 Å². The molecule has 0 radical (unpaired) electrons. The molecule has 150 valence electrons. The number of amides is 1. The molecule has 1 heterocycles. The maximum Gasteiger partial charge on any atom is 0.242 e. The first-order chi connectivity index (χ1) is 13.3. The molecule has 6 nitrogen and oxygen atoms in total. The highest BCUT2D eigenvalue weighted by Gasteiger charge is 2.25. The average molecular weight is 403 g/mol. The van der Waals surface area contributed by atoms with E-state index in [2.05, 4.69) is 0 Å². The van der Waals surface area contributed by atoms with Gasteiger partial charge in [-0.3, -0.25) is 4.79 Å². The first-order valence-corrected chi connectivity index (χ1v) is 10.8. The van der Waals surface area contributed by atoms with Crippen LogP contribution in [0.3, 0.4) is 0 Å². The van der Waals surface area contributed by atoms with Crippen molar-refractivity contribution in [2.24, 2.45) is 0 Å². The smallest absolute Gasteiger partial charge is 0.242 e. The summed E-state index contributed by atoms with van der Waals surface area (Å²) in [6, 6.07) is 12.6. The predicted octanol–water partition coefficient (Wildman–Crippen LogP) is 2.99. The van der Waals surface area contributed by atoms with Crippen molar-refractivity contribution in [3.63, 3.8) is 0 Å². The van der Waals surface area contributed by atoms with Crippen molar-refractivity contribution >= 4 is 21.6 Å². The van der Waals surface area contributed by atoms with Crippen LogP contribution in [0.4, 0.5) is 5.69 Å². The fourth-order valence-electron chi connectivity index (χ4n) is 3.36. The molecule has 0 spiro atoms. The van der Waals surface area contributed by atoms with E-state index in [0.717, 1.165) is 35.4 Å². The Kier molecular flexibility index (Phi) is 6.05. The molecule has 1 amide bonds. The first-order valence-electron chi connectivity index (χ1n) is 9.36. The molecule has 0 N–H and O–H groups in total. The van der Waals surface area contributed by atoms with Crippen LogP contribution >= 0.6 is 0 Å². The molecule has 28 heavy (non-hydrogen) atoms. The van der Waals surface area contributed by atoms with Gasteiger partial charge in [0.1, 0.15) is 12.4 Å². The fourth-order valence-corrected chi connectivity index (χ4v) is 4.57. The van der Waals surface area contributed by atoms with Crippen molar-refractivity contribution in [3.8, 4) is 5.75 Å². The topological polar surface area (TPSA) is 66.9 Å². The Morgan fingerprint density at radius 1 is 1.21 bits per heavy atom. The van der Waals surface area contributed by atoms with Gasteiger partial charge in [-0.25, -0.2) is 8.42 Å². The molecule has 0 fully saturated rings. The van der Waals surface area contributed by atoms with Crippen LogP contribution in [-0.4, -0.2) is 45.4 Å². The van der Waals surface area contributed by atoms with Crippen LogP contribution < -0.4 is 9.64 Å². The lowest BCUT2D eigenvalue weighted by atomic mass is 10.0. The lowest BCUT2D eigenvalue weighted by molar-refractivity contribution is -0.116. The molecule has 0 bridgehead atoms. The summed E-state index contributed by atoms with van der Waals surface area (Å²) in [7, 11) is -2.07. The summed E-state index contributed by atoms with van der Waals surface area (Å²) < 4.78 is 32.9. The van der Waals surface area contributed by atoms with Gasteiger partial charge in [0.2, 0.25) is 15.9 Å². The number of hydrogen-bond donors (Lipinski definition) is 0. The van der Waals surface area contributed by atoms with Crippen molar-refractivity contribution in [2.45, 2.75) is 31.6 Å². The number of carbonyl (C=O) groups is 1.